The fourth-order valence-corrected chi connectivity index (χ4v) is 5.08. The average Bonchev–Trinajstić information content (AvgIpc) is 2.78. The van der Waals surface area contributed by atoms with Crippen LogP contribution < -0.4 is 15.6 Å². The molecule has 1 saturated heterocycles. The smallest absolute Gasteiger partial charge is 0.276 e. The molecule has 1 aliphatic heterocycles. The van der Waals surface area contributed by atoms with Crippen LogP contribution in [0.25, 0.3) is 0 Å². The summed E-state index contributed by atoms with van der Waals surface area (Å²) in [4.78, 5) is 24.6. The van der Waals surface area contributed by atoms with E-state index in [4.69, 9.17) is 16.3 Å². The second-order valence-electron chi connectivity index (χ2n) is 7.67. The van der Waals surface area contributed by atoms with Crippen LogP contribution >= 0.6 is 11.6 Å². The molecule has 8 nitrogen and oxygen atoms in total. The van der Waals surface area contributed by atoms with Gasteiger partial charge in [0.05, 0.1) is 15.5 Å². The Balaban J connectivity index is 1.62. The van der Waals surface area contributed by atoms with Crippen LogP contribution in [0.2, 0.25) is 5.02 Å². The van der Waals surface area contributed by atoms with Gasteiger partial charge < -0.3 is 4.74 Å². The van der Waals surface area contributed by atoms with Crippen molar-refractivity contribution in [1.29, 1.82) is 0 Å². The van der Waals surface area contributed by atoms with Crippen LogP contribution in [0.15, 0.2) is 41.3 Å². The van der Waals surface area contributed by atoms with Gasteiger partial charge in [0.1, 0.15) is 5.75 Å². The molecule has 0 atom stereocenters. The molecule has 3 rings (SSSR count). The van der Waals surface area contributed by atoms with Crippen LogP contribution in [0.1, 0.15) is 40.7 Å². The molecule has 2 aromatic carbocycles. The molecule has 1 heterocycles. The van der Waals surface area contributed by atoms with E-state index in [1.807, 2.05) is 32.0 Å². The standard InChI is InChI=1S/C22H26ClN3O5S/c1-15-6-7-16(2)20(12-15)31-14-21(27)24-25-22(28)18-13-17(8-9-19(18)23)32(29,30)26-10-4-3-5-11-26/h6-9,12-13H,3-5,10-11,14H2,1-2H3,(H,24,27)(H,25,28). The summed E-state index contributed by atoms with van der Waals surface area (Å²) in [5.74, 6) is -0.733. The first kappa shape index (κ1) is 24.0. The minimum atomic E-state index is -3.73. The number of sulfonamides is 1. The molecular formula is C22H26ClN3O5S. The summed E-state index contributed by atoms with van der Waals surface area (Å²) in [6.45, 7) is 4.37. The van der Waals surface area contributed by atoms with Crippen LogP contribution in [-0.4, -0.2) is 44.2 Å². The van der Waals surface area contributed by atoms with Gasteiger partial charge in [-0.3, -0.25) is 20.4 Å². The Morgan fingerprint density at radius 3 is 2.47 bits per heavy atom. The first-order valence-electron chi connectivity index (χ1n) is 10.3. The van der Waals surface area contributed by atoms with E-state index >= 15 is 0 Å². The Labute approximate surface area is 192 Å². The van der Waals surface area contributed by atoms with E-state index in [-0.39, 0.29) is 22.1 Å². The fraction of sp³-hybridized carbons (Fsp3) is 0.364. The third-order valence-corrected chi connectivity index (χ3v) is 7.38. The number of hydrogen-bond donors (Lipinski definition) is 2. The number of piperidine rings is 1. The second kappa shape index (κ2) is 10.3. The number of carbonyl (C=O) groups excluding carboxylic acids is 2. The first-order valence-corrected chi connectivity index (χ1v) is 12.1. The van der Waals surface area contributed by atoms with Crippen LogP contribution in [0.5, 0.6) is 5.75 Å². The molecule has 1 aliphatic rings. The molecule has 0 bridgehead atoms. The van der Waals surface area contributed by atoms with Crippen molar-refractivity contribution in [2.45, 2.75) is 38.0 Å². The topological polar surface area (TPSA) is 105 Å². The maximum absolute atomic E-state index is 12.9. The van der Waals surface area contributed by atoms with Crippen LogP contribution in [-0.2, 0) is 14.8 Å². The minimum absolute atomic E-state index is 0.0152. The summed E-state index contributed by atoms with van der Waals surface area (Å²) in [6.07, 6.45) is 2.60. The quantitative estimate of drug-likeness (QED) is 0.620. The van der Waals surface area contributed by atoms with Gasteiger partial charge in [-0.05, 0) is 62.1 Å². The number of halogens is 1. The highest BCUT2D eigenvalue weighted by Crippen LogP contribution is 2.25. The zero-order valence-electron chi connectivity index (χ0n) is 18.0. The van der Waals surface area contributed by atoms with E-state index in [0.717, 1.165) is 30.4 Å². The van der Waals surface area contributed by atoms with Crippen molar-refractivity contribution in [3.8, 4) is 5.75 Å². The number of hydrogen-bond acceptors (Lipinski definition) is 5. The predicted molar refractivity (Wildman–Crippen MR) is 121 cm³/mol. The van der Waals surface area contributed by atoms with Crippen molar-refractivity contribution >= 4 is 33.4 Å². The molecule has 32 heavy (non-hydrogen) atoms. The fourth-order valence-electron chi connectivity index (χ4n) is 3.33. The van der Waals surface area contributed by atoms with Crippen molar-refractivity contribution in [2.75, 3.05) is 19.7 Å². The van der Waals surface area contributed by atoms with E-state index in [2.05, 4.69) is 10.9 Å². The summed E-state index contributed by atoms with van der Waals surface area (Å²) in [5.41, 5.74) is 6.32. The number of aryl methyl sites for hydroxylation is 2. The second-order valence-corrected chi connectivity index (χ2v) is 10.0. The number of amides is 2. The summed E-state index contributed by atoms with van der Waals surface area (Å²) in [7, 11) is -3.73. The molecule has 10 heteroatoms. The summed E-state index contributed by atoms with van der Waals surface area (Å²) < 4.78 is 32.7. The largest absolute Gasteiger partial charge is 0.483 e. The van der Waals surface area contributed by atoms with Gasteiger partial charge in [0.15, 0.2) is 6.61 Å². The predicted octanol–water partition coefficient (Wildman–Crippen LogP) is 2.97. The normalized spacial score (nSPS) is 14.6. The van der Waals surface area contributed by atoms with Gasteiger partial charge in [0, 0.05) is 13.1 Å². The summed E-state index contributed by atoms with van der Waals surface area (Å²) >= 11 is 6.11. The Hall–Kier alpha value is -2.62. The molecule has 2 amide bonds. The SMILES string of the molecule is Cc1ccc(C)c(OCC(=O)NNC(=O)c2cc(S(=O)(=O)N3CCCCC3)ccc2Cl)c1. The number of rotatable bonds is 6. The van der Waals surface area contributed by atoms with Crippen molar-refractivity contribution in [1.82, 2.24) is 15.2 Å². The lowest BCUT2D eigenvalue weighted by atomic mass is 10.1. The molecule has 0 saturated carbocycles. The average molecular weight is 480 g/mol. The lowest BCUT2D eigenvalue weighted by molar-refractivity contribution is -0.123. The third-order valence-electron chi connectivity index (χ3n) is 5.15. The van der Waals surface area contributed by atoms with Gasteiger partial charge in [0.25, 0.3) is 11.8 Å². The van der Waals surface area contributed by atoms with Gasteiger partial charge >= 0.3 is 0 Å². The van der Waals surface area contributed by atoms with Crippen molar-refractivity contribution in [3.63, 3.8) is 0 Å². The summed E-state index contributed by atoms with van der Waals surface area (Å²) in [5, 5.41) is 0.0704. The molecule has 0 radical (unpaired) electrons. The van der Waals surface area contributed by atoms with Crippen molar-refractivity contribution < 1.29 is 22.7 Å². The molecule has 1 fully saturated rings. The van der Waals surface area contributed by atoms with Gasteiger partial charge in [-0.25, -0.2) is 8.42 Å². The highest BCUT2D eigenvalue weighted by molar-refractivity contribution is 7.89. The number of nitrogens with zero attached hydrogens (tertiary/aromatic N) is 1. The highest BCUT2D eigenvalue weighted by atomic mass is 35.5. The maximum Gasteiger partial charge on any atom is 0.276 e. The number of benzene rings is 2. The highest BCUT2D eigenvalue weighted by Gasteiger charge is 2.27. The first-order chi connectivity index (χ1) is 15.2. The van der Waals surface area contributed by atoms with E-state index in [9.17, 15) is 18.0 Å². The van der Waals surface area contributed by atoms with Crippen LogP contribution in [0.3, 0.4) is 0 Å². The van der Waals surface area contributed by atoms with Crippen molar-refractivity contribution in [2.24, 2.45) is 0 Å². The zero-order valence-corrected chi connectivity index (χ0v) is 19.6. The molecule has 2 aromatic rings. The van der Waals surface area contributed by atoms with E-state index in [1.165, 1.54) is 22.5 Å². The molecule has 2 N–H and O–H groups in total. The molecule has 172 valence electrons. The van der Waals surface area contributed by atoms with Gasteiger partial charge in [0.2, 0.25) is 10.0 Å². The Bertz CT molecular complexity index is 1110. The lowest BCUT2D eigenvalue weighted by Crippen LogP contribution is -2.44. The number of ether oxygens (including phenoxy) is 1. The Morgan fingerprint density at radius 1 is 1.03 bits per heavy atom. The number of hydrazine groups is 1. The lowest BCUT2D eigenvalue weighted by Gasteiger charge is -2.26. The van der Waals surface area contributed by atoms with Gasteiger partial charge in [-0.1, -0.05) is 30.2 Å². The molecule has 0 aromatic heterocycles. The molecule has 0 aliphatic carbocycles. The Morgan fingerprint density at radius 2 is 1.75 bits per heavy atom. The Kier molecular flexibility index (Phi) is 7.76. The van der Waals surface area contributed by atoms with Crippen molar-refractivity contribution in [3.05, 3.63) is 58.1 Å². The van der Waals surface area contributed by atoms with Crippen LogP contribution in [0.4, 0.5) is 0 Å². The molecule has 0 unspecified atom stereocenters. The minimum Gasteiger partial charge on any atom is -0.483 e. The van der Waals surface area contributed by atoms with Crippen LogP contribution in [0, 0.1) is 13.8 Å². The van der Waals surface area contributed by atoms with E-state index in [1.54, 1.807) is 0 Å². The zero-order chi connectivity index (χ0) is 23.3. The molecular weight excluding hydrogens is 454 g/mol. The van der Waals surface area contributed by atoms with Gasteiger partial charge in [-0.15, -0.1) is 0 Å². The maximum atomic E-state index is 12.9. The number of nitrogens with one attached hydrogen (secondary N) is 2. The molecule has 0 spiro atoms. The van der Waals surface area contributed by atoms with E-state index in [0.29, 0.717) is 18.8 Å². The van der Waals surface area contributed by atoms with E-state index < -0.39 is 21.8 Å². The number of carbonyl (C=O) groups is 2. The third kappa shape index (κ3) is 5.79. The van der Waals surface area contributed by atoms with Gasteiger partial charge in [-0.2, -0.15) is 4.31 Å². The monoisotopic (exact) mass is 479 g/mol. The summed E-state index contributed by atoms with van der Waals surface area (Å²) in [6, 6.07) is 9.59.